The summed E-state index contributed by atoms with van der Waals surface area (Å²) in [6.45, 7) is 1.47. The van der Waals surface area contributed by atoms with Crippen LogP contribution in [0, 0.1) is 5.92 Å². The molecule has 1 unspecified atom stereocenters. The quantitative estimate of drug-likeness (QED) is 0.685. The summed E-state index contributed by atoms with van der Waals surface area (Å²) in [4.78, 5) is 10.9. The first-order valence-corrected chi connectivity index (χ1v) is 4.99. The Morgan fingerprint density at radius 3 is 2.50 bits per heavy atom. The van der Waals surface area contributed by atoms with Crippen molar-refractivity contribution in [3.05, 3.63) is 35.9 Å². The fourth-order valence-corrected chi connectivity index (χ4v) is 1.66. The lowest BCUT2D eigenvalue weighted by molar-refractivity contribution is -0.147. The minimum absolute atomic E-state index is 0.0197. The molecule has 14 heavy (non-hydrogen) atoms. The number of carbonyl (C=O) groups excluding carboxylic acids is 1. The Morgan fingerprint density at radius 2 is 2.00 bits per heavy atom. The second kappa shape index (κ2) is 3.82. The van der Waals surface area contributed by atoms with Gasteiger partial charge in [0.15, 0.2) is 0 Å². The molecule has 1 saturated carbocycles. The van der Waals surface area contributed by atoms with Crippen LogP contribution >= 0.6 is 0 Å². The molecule has 1 aliphatic carbocycles. The van der Waals surface area contributed by atoms with E-state index in [1.165, 1.54) is 19.8 Å². The van der Waals surface area contributed by atoms with Crippen molar-refractivity contribution in [1.29, 1.82) is 0 Å². The molecule has 0 heterocycles. The average Bonchev–Trinajstić information content (AvgIpc) is 2.99. The first kappa shape index (κ1) is 9.25. The first-order chi connectivity index (χ1) is 6.77. The lowest BCUT2D eigenvalue weighted by Crippen LogP contribution is -2.10. The van der Waals surface area contributed by atoms with Crippen molar-refractivity contribution in [3.8, 4) is 0 Å². The fourth-order valence-electron chi connectivity index (χ4n) is 1.66. The fraction of sp³-hybridized carbons (Fsp3) is 0.417. The number of hydrogen-bond donors (Lipinski definition) is 0. The maximum Gasteiger partial charge on any atom is 0.303 e. The van der Waals surface area contributed by atoms with E-state index in [2.05, 4.69) is 0 Å². The minimum atomic E-state index is -0.189. The molecule has 1 aliphatic rings. The molecule has 1 aromatic rings. The van der Waals surface area contributed by atoms with Crippen molar-refractivity contribution in [3.63, 3.8) is 0 Å². The predicted octanol–water partition coefficient (Wildman–Crippen LogP) is 2.70. The second-order valence-corrected chi connectivity index (χ2v) is 3.78. The van der Waals surface area contributed by atoms with Crippen LogP contribution in [0.4, 0.5) is 0 Å². The summed E-state index contributed by atoms with van der Waals surface area (Å²) in [7, 11) is 0. The summed E-state index contributed by atoms with van der Waals surface area (Å²) in [6.07, 6.45) is 2.33. The van der Waals surface area contributed by atoms with Crippen molar-refractivity contribution in [1.82, 2.24) is 0 Å². The van der Waals surface area contributed by atoms with Crippen molar-refractivity contribution < 1.29 is 9.53 Å². The molecule has 2 heteroatoms. The molecule has 0 radical (unpaired) electrons. The Bertz CT molecular complexity index is 314. The van der Waals surface area contributed by atoms with Crippen LogP contribution in [-0.4, -0.2) is 5.97 Å². The summed E-state index contributed by atoms with van der Waals surface area (Å²) >= 11 is 0. The van der Waals surface area contributed by atoms with Gasteiger partial charge in [-0.2, -0.15) is 0 Å². The van der Waals surface area contributed by atoms with Crippen LogP contribution in [0.25, 0.3) is 0 Å². The maximum absolute atomic E-state index is 10.9. The number of ether oxygens (including phenoxy) is 1. The molecule has 74 valence electrons. The topological polar surface area (TPSA) is 26.3 Å². The van der Waals surface area contributed by atoms with Crippen LogP contribution < -0.4 is 0 Å². The van der Waals surface area contributed by atoms with E-state index in [1.54, 1.807) is 0 Å². The van der Waals surface area contributed by atoms with Crippen molar-refractivity contribution >= 4 is 5.97 Å². The predicted molar refractivity (Wildman–Crippen MR) is 53.7 cm³/mol. The smallest absolute Gasteiger partial charge is 0.303 e. The Hall–Kier alpha value is -1.31. The van der Waals surface area contributed by atoms with E-state index >= 15 is 0 Å². The molecule has 0 spiro atoms. The molecule has 2 rings (SSSR count). The molecule has 0 N–H and O–H groups in total. The summed E-state index contributed by atoms with van der Waals surface area (Å²) in [6, 6.07) is 9.97. The van der Waals surface area contributed by atoms with Crippen molar-refractivity contribution in [2.24, 2.45) is 5.92 Å². The first-order valence-electron chi connectivity index (χ1n) is 4.99. The molecular formula is C12H14O2. The van der Waals surface area contributed by atoms with E-state index < -0.39 is 0 Å². The number of rotatable bonds is 3. The standard InChI is InChI=1S/C12H14O2/c1-9(13)14-12(11-7-8-11)10-5-3-2-4-6-10/h2-6,11-12H,7-8H2,1H3. The van der Waals surface area contributed by atoms with E-state index in [0.717, 1.165) is 5.56 Å². The van der Waals surface area contributed by atoms with E-state index in [0.29, 0.717) is 5.92 Å². The van der Waals surface area contributed by atoms with Gasteiger partial charge in [-0.05, 0) is 18.4 Å². The Balaban J connectivity index is 2.14. The highest BCUT2D eigenvalue weighted by molar-refractivity contribution is 5.66. The largest absolute Gasteiger partial charge is 0.457 e. The summed E-state index contributed by atoms with van der Waals surface area (Å²) < 4.78 is 5.32. The van der Waals surface area contributed by atoms with Crippen LogP contribution in [0.1, 0.15) is 31.4 Å². The van der Waals surface area contributed by atoms with Gasteiger partial charge in [0.05, 0.1) is 0 Å². The Labute approximate surface area is 83.9 Å². The van der Waals surface area contributed by atoms with Crippen molar-refractivity contribution in [2.45, 2.75) is 25.9 Å². The number of esters is 1. The Morgan fingerprint density at radius 1 is 1.36 bits per heavy atom. The third kappa shape index (κ3) is 2.13. The molecule has 0 amide bonds. The highest BCUT2D eigenvalue weighted by atomic mass is 16.5. The van der Waals surface area contributed by atoms with Gasteiger partial charge in [0.2, 0.25) is 0 Å². The van der Waals surface area contributed by atoms with Gasteiger partial charge in [0.25, 0.3) is 0 Å². The van der Waals surface area contributed by atoms with Gasteiger partial charge in [-0.1, -0.05) is 30.3 Å². The minimum Gasteiger partial charge on any atom is -0.457 e. The summed E-state index contributed by atoms with van der Waals surface area (Å²) in [5, 5.41) is 0. The molecule has 1 atom stereocenters. The van der Waals surface area contributed by atoms with E-state index in [1.807, 2.05) is 30.3 Å². The average molecular weight is 190 g/mol. The van der Waals surface area contributed by atoms with E-state index in [9.17, 15) is 4.79 Å². The van der Waals surface area contributed by atoms with E-state index in [-0.39, 0.29) is 12.1 Å². The monoisotopic (exact) mass is 190 g/mol. The summed E-state index contributed by atoms with van der Waals surface area (Å²) in [5.41, 5.74) is 1.12. The van der Waals surface area contributed by atoms with Crippen molar-refractivity contribution in [2.75, 3.05) is 0 Å². The van der Waals surface area contributed by atoms with Gasteiger partial charge in [-0.25, -0.2) is 0 Å². The molecule has 0 saturated heterocycles. The SMILES string of the molecule is CC(=O)OC(c1ccccc1)C1CC1. The maximum atomic E-state index is 10.9. The second-order valence-electron chi connectivity index (χ2n) is 3.78. The lowest BCUT2D eigenvalue weighted by Gasteiger charge is -2.16. The number of benzene rings is 1. The van der Waals surface area contributed by atoms with Crippen LogP contribution in [0.15, 0.2) is 30.3 Å². The van der Waals surface area contributed by atoms with Gasteiger partial charge < -0.3 is 4.74 Å². The third-order valence-electron chi connectivity index (χ3n) is 2.47. The molecule has 0 bridgehead atoms. The summed E-state index contributed by atoms with van der Waals surface area (Å²) in [5.74, 6) is 0.354. The van der Waals surface area contributed by atoms with Gasteiger partial charge in [0.1, 0.15) is 6.10 Å². The van der Waals surface area contributed by atoms with Gasteiger partial charge in [-0.3, -0.25) is 4.79 Å². The van der Waals surface area contributed by atoms with Gasteiger partial charge >= 0.3 is 5.97 Å². The molecule has 0 aliphatic heterocycles. The highest BCUT2D eigenvalue weighted by Crippen LogP contribution is 2.43. The zero-order valence-electron chi connectivity index (χ0n) is 8.27. The van der Waals surface area contributed by atoms with Crippen LogP contribution in [0.3, 0.4) is 0 Å². The van der Waals surface area contributed by atoms with Crippen LogP contribution in [0.2, 0.25) is 0 Å². The van der Waals surface area contributed by atoms with Gasteiger partial charge in [0, 0.05) is 12.8 Å². The highest BCUT2D eigenvalue weighted by Gasteiger charge is 2.34. The Kier molecular flexibility index (Phi) is 2.53. The molecule has 2 nitrogen and oxygen atoms in total. The lowest BCUT2D eigenvalue weighted by atomic mass is 10.1. The van der Waals surface area contributed by atoms with Crippen LogP contribution in [0.5, 0.6) is 0 Å². The van der Waals surface area contributed by atoms with E-state index in [4.69, 9.17) is 4.74 Å². The molecule has 1 aromatic carbocycles. The number of hydrogen-bond acceptors (Lipinski definition) is 2. The zero-order chi connectivity index (χ0) is 9.97. The van der Waals surface area contributed by atoms with Crippen LogP contribution in [-0.2, 0) is 9.53 Å². The normalized spacial score (nSPS) is 17.5. The molecular weight excluding hydrogens is 176 g/mol. The number of carbonyl (C=O) groups is 1. The molecule has 0 aromatic heterocycles. The van der Waals surface area contributed by atoms with Gasteiger partial charge in [-0.15, -0.1) is 0 Å². The zero-order valence-corrected chi connectivity index (χ0v) is 8.27. The third-order valence-corrected chi connectivity index (χ3v) is 2.47. The molecule has 1 fully saturated rings.